The molecule has 5 heteroatoms. The van der Waals surface area contributed by atoms with Crippen LogP contribution in [0.5, 0.6) is 11.5 Å². The van der Waals surface area contributed by atoms with Crippen molar-refractivity contribution in [2.75, 3.05) is 14.2 Å². The first-order valence-electron chi connectivity index (χ1n) is 5.63. The Morgan fingerprint density at radius 1 is 1.16 bits per heavy atom. The largest absolute Gasteiger partial charge is 0.493 e. The van der Waals surface area contributed by atoms with Crippen molar-refractivity contribution in [3.8, 4) is 11.5 Å². The number of benzene rings is 1. The summed E-state index contributed by atoms with van der Waals surface area (Å²) in [6, 6.07) is 8.74. The number of ether oxygens (including phenoxy) is 2. The molecular weight excluding hydrogens is 312 g/mol. The molecule has 0 N–H and O–H groups in total. The summed E-state index contributed by atoms with van der Waals surface area (Å²) < 4.78 is 16.1. The molecule has 0 saturated carbocycles. The molecule has 1 aromatic heterocycles. The van der Waals surface area contributed by atoms with E-state index in [1.54, 1.807) is 38.5 Å². The van der Waals surface area contributed by atoms with Gasteiger partial charge in [0, 0.05) is 6.42 Å². The van der Waals surface area contributed by atoms with Gasteiger partial charge in [0.05, 0.1) is 14.2 Å². The van der Waals surface area contributed by atoms with Gasteiger partial charge in [-0.05, 0) is 45.8 Å². The first kappa shape index (κ1) is 13.7. The van der Waals surface area contributed by atoms with E-state index < -0.39 is 0 Å². The number of furan rings is 1. The predicted molar refractivity (Wildman–Crippen MR) is 74.0 cm³/mol. The SMILES string of the molecule is COc1ccc(CC(=O)c2ccc(Br)o2)cc1OC. The Bertz CT molecular complexity index is 589. The summed E-state index contributed by atoms with van der Waals surface area (Å²) in [6.45, 7) is 0. The lowest BCUT2D eigenvalue weighted by Gasteiger charge is -2.08. The fraction of sp³-hybridized carbons (Fsp3) is 0.214. The van der Waals surface area contributed by atoms with E-state index in [-0.39, 0.29) is 12.2 Å². The number of hydrogen-bond acceptors (Lipinski definition) is 4. The lowest BCUT2D eigenvalue weighted by molar-refractivity contribution is 0.0965. The second-order valence-electron chi connectivity index (χ2n) is 3.89. The van der Waals surface area contributed by atoms with Crippen molar-refractivity contribution in [2.24, 2.45) is 0 Å². The lowest BCUT2D eigenvalue weighted by atomic mass is 10.1. The maximum Gasteiger partial charge on any atom is 0.202 e. The number of carbonyl (C=O) groups excluding carboxylic acids is 1. The number of methoxy groups -OCH3 is 2. The molecule has 1 heterocycles. The molecular formula is C14H13BrO4. The van der Waals surface area contributed by atoms with Gasteiger partial charge in [0.25, 0.3) is 0 Å². The summed E-state index contributed by atoms with van der Waals surface area (Å²) in [4.78, 5) is 12.0. The minimum Gasteiger partial charge on any atom is -0.493 e. The first-order chi connectivity index (χ1) is 9.13. The van der Waals surface area contributed by atoms with Gasteiger partial charge in [-0.1, -0.05) is 6.07 Å². The number of rotatable bonds is 5. The molecule has 2 aromatic rings. The van der Waals surface area contributed by atoms with Crippen molar-refractivity contribution in [3.63, 3.8) is 0 Å². The number of carbonyl (C=O) groups is 1. The Balaban J connectivity index is 2.17. The molecule has 0 aliphatic heterocycles. The zero-order chi connectivity index (χ0) is 13.8. The highest BCUT2D eigenvalue weighted by atomic mass is 79.9. The van der Waals surface area contributed by atoms with E-state index in [2.05, 4.69) is 15.9 Å². The van der Waals surface area contributed by atoms with Crippen molar-refractivity contribution in [1.29, 1.82) is 0 Å². The van der Waals surface area contributed by atoms with E-state index in [1.165, 1.54) is 0 Å². The topological polar surface area (TPSA) is 48.7 Å². The molecule has 0 aliphatic carbocycles. The van der Waals surface area contributed by atoms with Crippen LogP contribution in [0.3, 0.4) is 0 Å². The third kappa shape index (κ3) is 3.17. The number of hydrogen-bond donors (Lipinski definition) is 0. The summed E-state index contributed by atoms with van der Waals surface area (Å²) in [5.74, 6) is 1.49. The normalized spacial score (nSPS) is 10.3. The zero-order valence-corrected chi connectivity index (χ0v) is 12.2. The Labute approximate surface area is 119 Å². The van der Waals surface area contributed by atoms with Crippen LogP contribution >= 0.6 is 15.9 Å². The van der Waals surface area contributed by atoms with Crippen LogP contribution in [0.15, 0.2) is 39.4 Å². The van der Waals surface area contributed by atoms with E-state index >= 15 is 0 Å². The number of Topliss-reactive ketones (excluding diaryl/α,β-unsaturated/α-hetero) is 1. The van der Waals surface area contributed by atoms with Gasteiger partial charge < -0.3 is 13.9 Å². The lowest BCUT2D eigenvalue weighted by Crippen LogP contribution is -2.02. The maximum atomic E-state index is 12.0. The van der Waals surface area contributed by atoms with E-state index in [9.17, 15) is 4.79 Å². The van der Waals surface area contributed by atoms with Gasteiger partial charge >= 0.3 is 0 Å². The highest BCUT2D eigenvalue weighted by molar-refractivity contribution is 9.10. The fourth-order valence-corrected chi connectivity index (χ4v) is 2.03. The first-order valence-corrected chi connectivity index (χ1v) is 6.42. The van der Waals surface area contributed by atoms with Gasteiger partial charge in [0.1, 0.15) is 0 Å². The molecule has 0 radical (unpaired) electrons. The van der Waals surface area contributed by atoms with Gasteiger partial charge in [-0.15, -0.1) is 0 Å². The minimum atomic E-state index is -0.0853. The summed E-state index contributed by atoms with van der Waals surface area (Å²) in [6.07, 6.45) is 0.250. The van der Waals surface area contributed by atoms with Crippen LogP contribution in [-0.4, -0.2) is 20.0 Å². The number of halogens is 1. The monoisotopic (exact) mass is 324 g/mol. The van der Waals surface area contributed by atoms with Crippen LogP contribution in [0.4, 0.5) is 0 Å². The van der Waals surface area contributed by atoms with E-state index in [0.717, 1.165) is 5.56 Å². The molecule has 4 nitrogen and oxygen atoms in total. The van der Waals surface area contributed by atoms with Gasteiger partial charge in [-0.25, -0.2) is 0 Å². The van der Waals surface area contributed by atoms with Gasteiger partial charge in [-0.2, -0.15) is 0 Å². The zero-order valence-electron chi connectivity index (χ0n) is 10.6. The molecule has 0 bridgehead atoms. The van der Waals surface area contributed by atoms with E-state index in [0.29, 0.717) is 21.9 Å². The van der Waals surface area contributed by atoms with Crippen LogP contribution in [-0.2, 0) is 6.42 Å². The van der Waals surface area contributed by atoms with Gasteiger partial charge in [0.15, 0.2) is 21.9 Å². The molecule has 100 valence electrons. The minimum absolute atomic E-state index is 0.0853. The van der Waals surface area contributed by atoms with Crippen LogP contribution in [0.25, 0.3) is 0 Å². The molecule has 0 saturated heterocycles. The maximum absolute atomic E-state index is 12.0. The smallest absolute Gasteiger partial charge is 0.202 e. The predicted octanol–water partition coefficient (Wildman–Crippen LogP) is 3.48. The van der Waals surface area contributed by atoms with Crippen molar-refractivity contribution < 1.29 is 18.7 Å². The molecule has 0 aliphatic rings. The molecule has 1 aromatic carbocycles. The van der Waals surface area contributed by atoms with Crippen LogP contribution in [0.1, 0.15) is 16.1 Å². The Kier molecular flexibility index (Phi) is 4.27. The Morgan fingerprint density at radius 2 is 1.89 bits per heavy atom. The summed E-state index contributed by atoms with van der Waals surface area (Å²) in [5, 5.41) is 0. The molecule has 0 amide bonds. The summed E-state index contributed by atoms with van der Waals surface area (Å²) in [5.41, 5.74) is 0.843. The van der Waals surface area contributed by atoms with Crippen molar-refractivity contribution in [3.05, 3.63) is 46.3 Å². The summed E-state index contributed by atoms with van der Waals surface area (Å²) >= 11 is 3.17. The average molecular weight is 325 g/mol. The van der Waals surface area contributed by atoms with E-state index in [1.807, 2.05) is 6.07 Å². The van der Waals surface area contributed by atoms with Crippen molar-refractivity contribution in [2.45, 2.75) is 6.42 Å². The molecule has 0 spiro atoms. The van der Waals surface area contributed by atoms with Crippen molar-refractivity contribution in [1.82, 2.24) is 0 Å². The van der Waals surface area contributed by atoms with E-state index in [4.69, 9.17) is 13.9 Å². The van der Waals surface area contributed by atoms with Gasteiger partial charge in [0.2, 0.25) is 5.78 Å². The highest BCUT2D eigenvalue weighted by Gasteiger charge is 2.13. The second kappa shape index (κ2) is 5.93. The van der Waals surface area contributed by atoms with Crippen LogP contribution < -0.4 is 9.47 Å². The highest BCUT2D eigenvalue weighted by Crippen LogP contribution is 2.28. The van der Waals surface area contributed by atoms with Crippen LogP contribution in [0, 0.1) is 0 Å². The molecule has 19 heavy (non-hydrogen) atoms. The quantitative estimate of drug-likeness (QED) is 0.790. The average Bonchev–Trinajstić information content (AvgIpc) is 2.85. The Hall–Kier alpha value is -1.75. The second-order valence-corrected chi connectivity index (χ2v) is 4.67. The van der Waals surface area contributed by atoms with Crippen molar-refractivity contribution >= 4 is 21.7 Å². The molecule has 0 fully saturated rings. The third-order valence-electron chi connectivity index (χ3n) is 2.66. The fourth-order valence-electron chi connectivity index (χ4n) is 1.73. The van der Waals surface area contributed by atoms with Crippen LogP contribution in [0.2, 0.25) is 0 Å². The molecule has 2 rings (SSSR count). The number of ketones is 1. The third-order valence-corrected chi connectivity index (χ3v) is 3.09. The standard InChI is InChI=1S/C14H13BrO4/c1-17-12-4-3-9(8-13(12)18-2)7-10(16)11-5-6-14(15)19-11/h3-6,8H,7H2,1-2H3. The molecule has 0 atom stereocenters. The Morgan fingerprint density at radius 3 is 2.47 bits per heavy atom. The summed E-state index contributed by atoms with van der Waals surface area (Å²) in [7, 11) is 3.14. The molecule has 0 unspecified atom stereocenters. The van der Waals surface area contributed by atoms with Gasteiger partial charge in [-0.3, -0.25) is 4.79 Å².